The molecule has 3 atom stereocenters. The summed E-state index contributed by atoms with van der Waals surface area (Å²) in [6.07, 6.45) is 11.2. The Hall–Kier alpha value is -3.20. The standard InChI is InChI=1S/C32H42N6O3/c1-18(2)38-25(11-15-34-38)29(39)37-27(26(19-3-4-19)20-5-6-20)30(40)35-22-8-9-23-21(17-22)7-10-24(23)36-31(41)28-32(12-13-32)14-16-33-28/h8-9,11,15,17-20,24,26-28,33H,3-7,10,12-14,16H2,1-2H3,(H,35,40)(H,36,41)(H,37,39)/t24-,27+,28?/m1/s1. The van der Waals surface area contributed by atoms with E-state index in [-0.39, 0.29) is 47.2 Å². The number of hydrogen-bond donors (Lipinski definition) is 4. The van der Waals surface area contributed by atoms with Crippen LogP contribution >= 0.6 is 0 Å². The molecule has 2 aromatic rings. The highest BCUT2D eigenvalue weighted by Crippen LogP contribution is 2.54. The van der Waals surface area contributed by atoms with Gasteiger partial charge in [0.25, 0.3) is 5.91 Å². The van der Waals surface area contributed by atoms with Crippen LogP contribution in [0.5, 0.6) is 0 Å². The van der Waals surface area contributed by atoms with Crippen molar-refractivity contribution in [2.24, 2.45) is 23.2 Å². The van der Waals surface area contributed by atoms with Crippen LogP contribution in [-0.2, 0) is 16.0 Å². The second-order valence-electron chi connectivity index (χ2n) is 13.5. The lowest BCUT2D eigenvalue weighted by atomic mass is 9.88. The minimum atomic E-state index is -0.591. The van der Waals surface area contributed by atoms with Gasteiger partial charge in [0.2, 0.25) is 11.8 Å². The highest BCUT2D eigenvalue weighted by Gasteiger charge is 2.55. The molecule has 4 fully saturated rings. The van der Waals surface area contributed by atoms with Gasteiger partial charge in [0, 0.05) is 17.9 Å². The van der Waals surface area contributed by atoms with Crippen LogP contribution in [0.25, 0.3) is 0 Å². The van der Waals surface area contributed by atoms with Crippen LogP contribution in [0.15, 0.2) is 30.5 Å². The Morgan fingerprint density at radius 1 is 1.02 bits per heavy atom. The molecular weight excluding hydrogens is 516 g/mol. The number of benzene rings is 1. The number of hydrogen-bond acceptors (Lipinski definition) is 5. The van der Waals surface area contributed by atoms with E-state index in [4.69, 9.17) is 0 Å². The van der Waals surface area contributed by atoms with E-state index in [0.717, 1.165) is 81.1 Å². The average Bonchev–Trinajstić information content (AvgIpc) is 3.90. The molecule has 3 amide bonds. The third-order valence-electron chi connectivity index (χ3n) is 10.2. The zero-order valence-corrected chi connectivity index (χ0v) is 24.1. The van der Waals surface area contributed by atoms with Crippen LogP contribution in [-0.4, -0.2) is 46.1 Å². The average molecular weight is 559 g/mol. The number of nitrogens with one attached hydrogen (secondary N) is 4. The molecule has 5 aliphatic rings. The fourth-order valence-electron chi connectivity index (χ4n) is 7.57. The molecule has 1 aliphatic heterocycles. The zero-order valence-electron chi connectivity index (χ0n) is 24.1. The molecule has 2 heterocycles. The summed E-state index contributed by atoms with van der Waals surface area (Å²) >= 11 is 0. The van der Waals surface area contributed by atoms with Gasteiger partial charge in [-0.15, -0.1) is 0 Å². The summed E-state index contributed by atoms with van der Waals surface area (Å²) in [5.41, 5.74) is 3.72. The fraction of sp³-hybridized carbons (Fsp3) is 0.625. The van der Waals surface area contributed by atoms with Gasteiger partial charge in [-0.2, -0.15) is 5.10 Å². The van der Waals surface area contributed by atoms with E-state index in [1.54, 1.807) is 16.9 Å². The van der Waals surface area contributed by atoms with Crippen LogP contribution in [0.4, 0.5) is 5.69 Å². The number of rotatable bonds is 10. The first-order valence-corrected chi connectivity index (χ1v) is 15.6. The molecule has 9 nitrogen and oxygen atoms in total. The van der Waals surface area contributed by atoms with E-state index < -0.39 is 6.04 Å². The van der Waals surface area contributed by atoms with Crippen molar-refractivity contribution in [3.05, 3.63) is 47.3 Å². The number of nitrogens with zero attached hydrogens (tertiary/aromatic N) is 2. The quantitative estimate of drug-likeness (QED) is 0.353. The number of aromatic nitrogens is 2. The van der Waals surface area contributed by atoms with Crippen LogP contribution in [0.3, 0.4) is 0 Å². The summed E-state index contributed by atoms with van der Waals surface area (Å²) in [6, 6.07) is 7.15. The molecule has 1 aromatic heterocycles. The van der Waals surface area contributed by atoms with Gasteiger partial charge in [-0.3, -0.25) is 19.1 Å². The number of amides is 3. The van der Waals surface area contributed by atoms with Crippen molar-refractivity contribution in [3.63, 3.8) is 0 Å². The summed E-state index contributed by atoms with van der Waals surface area (Å²) in [5.74, 6) is 0.854. The fourth-order valence-corrected chi connectivity index (χ4v) is 7.57. The minimum Gasteiger partial charge on any atom is -0.348 e. The van der Waals surface area contributed by atoms with E-state index in [1.807, 2.05) is 32.0 Å². The predicted octanol–water partition coefficient (Wildman–Crippen LogP) is 3.88. The Balaban J connectivity index is 1.06. The largest absolute Gasteiger partial charge is 0.348 e. The third kappa shape index (κ3) is 5.17. The summed E-state index contributed by atoms with van der Waals surface area (Å²) in [7, 11) is 0. The molecule has 218 valence electrons. The summed E-state index contributed by atoms with van der Waals surface area (Å²) < 4.78 is 1.70. The summed E-state index contributed by atoms with van der Waals surface area (Å²) in [6.45, 7) is 4.90. The normalized spacial score (nSPS) is 24.9. The highest BCUT2D eigenvalue weighted by atomic mass is 16.2. The maximum Gasteiger partial charge on any atom is 0.270 e. The topological polar surface area (TPSA) is 117 Å². The van der Waals surface area contributed by atoms with E-state index in [2.05, 4.69) is 26.4 Å². The molecule has 9 heteroatoms. The van der Waals surface area contributed by atoms with Crippen molar-refractivity contribution < 1.29 is 14.4 Å². The molecular formula is C32H42N6O3. The second kappa shape index (κ2) is 10.3. The van der Waals surface area contributed by atoms with Crippen molar-refractivity contribution in [3.8, 4) is 0 Å². The Labute approximate surface area is 241 Å². The first-order chi connectivity index (χ1) is 19.8. The van der Waals surface area contributed by atoms with Crippen molar-refractivity contribution in [2.75, 3.05) is 11.9 Å². The molecule has 7 rings (SSSR count). The smallest absolute Gasteiger partial charge is 0.270 e. The molecule has 41 heavy (non-hydrogen) atoms. The lowest BCUT2D eigenvalue weighted by Gasteiger charge is -2.28. The minimum absolute atomic E-state index is 0.00686. The van der Waals surface area contributed by atoms with E-state index in [0.29, 0.717) is 17.5 Å². The van der Waals surface area contributed by atoms with Gasteiger partial charge in [-0.05, 0) is 131 Å². The number of fused-ring (bicyclic) bond motifs is 1. The first-order valence-electron chi connectivity index (χ1n) is 15.6. The van der Waals surface area contributed by atoms with Crippen molar-refractivity contribution in [1.82, 2.24) is 25.7 Å². The van der Waals surface area contributed by atoms with Gasteiger partial charge >= 0.3 is 0 Å². The molecule has 0 radical (unpaired) electrons. The molecule has 1 saturated heterocycles. The maximum atomic E-state index is 13.9. The van der Waals surface area contributed by atoms with Crippen LogP contribution in [0.2, 0.25) is 0 Å². The lowest BCUT2D eigenvalue weighted by molar-refractivity contribution is -0.124. The molecule has 4 N–H and O–H groups in total. The van der Waals surface area contributed by atoms with Gasteiger partial charge in [-0.25, -0.2) is 0 Å². The second-order valence-corrected chi connectivity index (χ2v) is 13.5. The number of aryl methyl sites for hydroxylation is 1. The Kier molecular flexibility index (Phi) is 6.68. The lowest BCUT2D eigenvalue weighted by Crippen LogP contribution is -2.50. The van der Waals surface area contributed by atoms with Crippen LogP contribution in [0, 0.1) is 23.2 Å². The maximum absolute atomic E-state index is 13.9. The SMILES string of the molecule is CC(C)n1nccc1C(=O)N[C@H](C(=O)Nc1ccc2c(c1)CC[C@H]2NC(=O)C1NCCC12CC2)C(C1CC1)C1CC1. The van der Waals surface area contributed by atoms with Gasteiger partial charge in [0.05, 0.1) is 12.1 Å². The molecule has 0 bridgehead atoms. The van der Waals surface area contributed by atoms with E-state index >= 15 is 0 Å². The predicted molar refractivity (Wildman–Crippen MR) is 155 cm³/mol. The Morgan fingerprint density at radius 2 is 1.78 bits per heavy atom. The number of carbonyl (C=O) groups is 3. The molecule has 1 spiro atoms. The van der Waals surface area contributed by atoms with Crippen LogP contribution in [0.1, 0.15) is 98.9 Å². The van der Waals surface area contributed by atoms with Gasteiger partial charge in [0.1, 0.15) is 11.7 Å². The Morgan fingerprint density at radius 3 is 2.46 bits per heavy atom. The molecule has 1 aromatic carbocycles. The number of carbonyl (C=O) groups excluding carboxylic acids is 3. The van der Waals surface area contributed by atoms with Crippen molar-refractivity contribution in [1.29, 1.82) is 0 Å². The highest BCUT2D eigenvalue weighted by molar-refractivity contribution is 6.01. The van der Waals surface area contributed by atoms with Gasteiger partial charge in [-0.1, -0.05) is 6.07 Å². The monoisotopic (exact) mass is 558 g/mol. The first kappa shape index (κ1) is 26.7. The summed E-state index contributed by atoms with van der Waals surface area (Å²) in [5, 5.41) is 17.3. The van der Waals surface area contributed by atoms with Crippen LogP contribution < -0.4 is 21.3 Å². The zero-order chi connectivity index (χ0) is 28.3. The van der Waals surface area contributed by atoms with Gasteiger partial charge < -0.3 is 21.3 Å². The molecule has 1 unspecified atom stereocenters. The Bertz CT molecular complexity index is 1340. The van der Waals surface area contributed by atoms with E-state index in [1.165, 1.54) is 0 Å². The van der Waals surface area contributed by atoms with Crippen molar-refractivity contribution >= 4 is 23.4 Å². The number of anilines is 1. The van der Waals surface area contributed by atoms with Gasteiger partial charge in [0.15, 0.2) is 0 Å². The van der Waals surface area contributed by atoms with E-state index in [9.17, 15) is 14.4 Å². The molecule has 4 aliphatic carbocycles. The van der Waals surface area contributed by atoms with Crippen molar-refractivity contribution in [2.45, 2.75) is 95.8 Å². The third-order valence-corrected chi connectivity index (χ3v) is 10.2. The molecule has 3 saturated carbocycles. The summed E-state index contributed by atoms with van der Waals surface area (Å²) in [4.78, 5) is 40.4.